The molecule has 0 aliphatic rings. The van der Waals surface area contributed by atoms with Crippen LogP contribution in [0.5, 0.6) is 0 Å². The Balaban J connectivity index is 2.35. The summed E-state index contributed by atoms with van der Waals surface area (Å²) in [5.74, 6) is 1.56. The van der Waals surface area contributed by atoms with E-state index in [1.807, 2.05) is 6.26 Å². The first-order valence-electron chi connectivity index (χ1n) is 3.49. The summed E-state index contributed by atoms with van der Waals surface area (Å²) in [5.41, 5.74) is 0. The maximum absolute atomic E-state index is 4.16. The van der Waals surface area contributed by atoms with Gasteiger partial charge in [-0.2, -0.15) is 0 Å². The molecule has 0 spiro atoms. The molecule has 0 radical (unpaired) electrons. The first-order valence-corrected chi connectivity index (χ1v) is 4.71. The third-order valence-corrected chi connectivity index (χ3v) is 2.14. The number of aromatic nitrogens is 4. The van der Waals surface area contributed by atoms with Crippen molar-refractivity contribution in [3.8, 4) is 11.6 Å². The van der Waals surface area contributed by atoms with Crippen molar-refractivity contribution in [1.29, 1.82) is 0 Å². The Hall–Kier alpha value is -1.23. The van der Waals surface area contributed by atoms with Crippen LogP contribution in [0.3, 0.4) is 0 Å². The van der Waals surface area contributed by atoms with Gasteiger partial charge in [0.25, 0.3) is 0 Å². The van der Waals surface area contributed by atoms with E-state index in [-0.39, 0.29) is 0 Å². The second-order valence-electron chi connectivity index (χ2n) is 2.24. The molecule has 0 saturated heterocycles. The van der Waals surface area contributed by atoms with Crippen LogP contribution in [-0.4, -0.2) is 26.2 Å². The van der Waals surface area contributed by atoms with Crippen molar-refractivity contribution in [3.63, 3.8) is 0 Å². The van der Waals surface area contributed by atoms with Gasteiger partial charge in [0.1, 0.15) is 0 Å². The molecule has 5 heteroatoms. The Kier molecular flexibility index (Phi) is 1.87. The lowest BCUT2D eigenvalue weighted by Gasteiger charge is -1.88. The molecule has 0 bridgehead atoms. The third-order valence-electron chi connectivity index (χ3n) is 1.49. The highest BCUT2D eigenvalue weighted by Gasteiger charge is 2.03. The number of nitrogens with zero attached hydrogens (tertiary/aromatic N) is 2. The molecule has 4 nitrogen and oxygen atoms in total. The number of aromatic amines is 2. The van der Waals surface area contributed by atoms with E-state index in [4.69, 9.17) is 0 Å². The van der Waals surface area contributed by atoms with Crippen molar-refractivity contribution in [3.05, 3.63) is 18.6 Å². The Morgan fingerprint density at radius 3 is 2.83 bits per heavy atom. The van der Waals surface area contributed by atoms with Gasteiger partial charge in [0.15, 0.2) is 11.6 Å². The predicted molar refractivity (Wildman–Crippen MR) is 48.0 cm³/mol. The smallest absolute Gasteiger partial charge is 0.174 e. The Morgan fingerprint density at radius 1 is 1.33 bits per heavy atom. The Labute approximate surface area is 73.8 Å². The average Bonchev–Trinajstić information content (AvgIpc) is 2.75. The standard InChI is InChI=1S/C7H8N4S/c1-12-5-4-10-7(11-5)6-8-2-3-9-6/h2-4H,1H3,(H,8,9)(H,10,11). The average molecular weight is 180 g/mol. The highest BCUT2D eigenvalue weighted by molar-refractivity contribution is 7.98. The summed E-state index contributed by atoms with van der Waals surface area (Å²) >= 11 is 1.63. The van der Waals surface area contributed by atoms with Gasteiger partial charge in [0, 0.05) is 12.4 Å². The third kappa shape index (κ3) is 1.23. The van der Waals surface area contributed by atoms with Gasteiger partial charge < -0.3 is 9.97 Å². The van der Waals surface area contributed by atoms with Gasteiger partial charge in [0.2, 0.25) is 0 Å². The minimum absolute atomic E-state index is 0.773. The van der Waals surface area contributed by atoms with Crippen molar-refractivity contribution < 1.29 is 0 Å². The molecule has 0 atom stereocenters. The van der Waals surface area contributed by atoms with Gasteiger partial charge >= 0.3 is 0 Å². The molecule has 2 heterocycles. The molecule has 0 saturated carbocycles. The number of hydrogen-bond donors (Lipinski definition) is 2. The fraction of sp³-hybridized carbons (Fsp3) is 0.143. The molecule has 0 amide bonds. The molecule has 2 aromatic heterocycles. The van der Waals surface area contributed by atoms with Crippen LogP contribution in [0.1, 0.15) is 0 Å². The predicted octanol–water partition coefficient (Wildman–Crippen LogP) is 1.52. The molecular formula is C7H8N4S. The van der Waals surface area contributed by atoms with E-state index in [1.54, 1.807) is 30.4 Å². The summed E-state index contributed by atoms with van der Waals surface area (Å²) in [4.78, 5) is 14.3. The number of rotatable bonds is 2. The SMILES string of the molecule is CSc1cnc(-c2ncc[nH]2)[nH]1. The zero-order chi connectivity index (χ0) is 8.39. The van der Waals surface area contributed by atoms with Crippen LogP contribution in [0.15, 0.2) is 23.6 Å². The minimum atomic E-state index is 0.773. The fourth-order valence-electron chi connectivity index (χ4n) is 0.923. The van der Waals surface area contributed by atoms with E-state index in [0.29, 0.717) is 0 Å². The van der Waals surface area contributed by atoms with Crippen LogP contribution in [0.2, 0.25) is 0 Å². The van der Waals surface area contributed by atoms with Crippen LogP contribution in [0, 0.1) is 0 Å². The van der Waals surface area contributed by atoms with Gasteiger partial charge in [-0.3, -0.25) is 0 Å². The van der Waals surface area contributed by atoms with Crippen molar-refractivity contribution in [1.82, 2.24) is 19.9 Å². The highest BCUT2D eigenvalue weighted by Crippen LogP contribution is 2.15. The Bertz CT molecular complexity index is 351. The van der Waals surface area contributed by atoms with E-state index in [0.717, 1.165) is 16.7 Å². The van der Waals surface area contributed by atoms with Gasteiger partial charge in [-0.25, -0.2) is 9.97 Å². The van der Waals surface area contributed by atoms with Crippen LogP contribution >= 0.6 is 11.8 Å². The second-order valence-corrected chi connectivity index (χ2v) is 3.09. The lowest BCUT2D eigenvalue weighted by molar-refractivity contribution is 1.16. The van der Waals surface area contributed by atoms with Crippen molar-refractivity contribution >= 4 is 11.8 Å². The molecule has 0 fully saturated rings. The quantitative estimate of drug-likeness (QED) is 0.689. The van der Waals surface area contributed by atoms with Gasteiger partial charge in [-0.05, 0) is 6.26 Å². The van der Waals surface area contributed by atoms with Crippen LogP contribution < -0.4 is 0 Å². The second kappa shape index (κ2) is 3.02. The van der Waals surface area contributed by atoms with E-state index < -0.39 is 0 Å². The summed E-state index contributed by atoms with van der Waals surface area (Å²) in [5, 5.41) is 1.04. The molecule has 0 aromatic carbocycles. The lowest BCUT2D eigenvalue weighted by Crippen LogP contribution is -1.81. The van der Waals surface area contributed by atoms with Crippen molar-refractivity contribution in [2.75, 3.05) is 6.26 Å². The zero-order valence-corrected chi connectivity index (χ0v) is 7.35. The summed E-state index contributed by atoms with van der Waals surface area (Å²) in [6, 6.07) is 0. The van der Waals surface area contributed by atoms with Gasteiger partial charge in [-0.1, -0.05) is 0 Å². The maximum Gasteiger partial charge on any atom is 0.174 e. The van der Waals surface area contributed by atoms with Gasteiger partial charge in [0.05, 0.1) is 11.2 Å². The van der Waals surface area contributed by atoms with Crippen LogP contribution in [0.4, 0.5) is 0 Å². The monoisotopic (exact) mass is 180 g/mol. The Morgan fingerprint density at radius 2 is 2.25 bits per heavy atom. The first kappa shape index (κ1) is 7.42. The minimum Gasteiger partial charge on any atom is -0.342 e. The fourth-order valence-corrected chi connectivity index (χ4v) is 1.28. The molecule has 0 aliphatic heterocycles. The molecule has 2 N–H and O–H groups in total. The van der Waals surface area contributed by atoms with Crippen LogP contribution in [-0.2, 0) is 0 Å². The molecule has 2 rings (SSSR count). The summed E-state index contributed by atoms with van der Waals surface area (Å²) in [7, 11) is 0. The number of thioether (sulfide) groups is 1. The van der Waals surface area contributed by atoms with Crippen LogP contribution in [0.25, 0.3) is 11.6 Å². The van der Waals surface area contributed by atoms with E-state index in [2.05, 4.69) is 19.9 Å². The highest BCUT2D eigenvalue weighted by atomic mass is 32.2. The number of imidazole rings is 2. The van der Waals surface area contributed by atoms with E-state index in [9.17, 15) is 0 Å². The summed E-state index contributed by atoms with van der Waals surface area (Å²) in [6.07, 6.45) is 7.27. The van der Waals surface area contributed by atoms with E-state index in [1.165, 1.54) is 0 Å². The summed E-state index contributed by atoms with van der Waals surface area (Å²) < 4.78 is 0. The molecular weight excluding hydrogens is 172 g/mol. The van der Waals surface area contributed by atoms with Crippen molar-refractivity contribution in [2.24, 2.45) is 0 Å². The zero-order valence-electron chi connectivity index (χ0n) is 6.53. The molecule has 0 unspecified atom stereocenters. The lowest BCUT2D eigenvalue weighted by atomic mass is 10.6. The summed E-state index contributed by atoms with van der Waals surface area (Å²) in [6.45, 7) is 0. The number of hydrogen-bond acceptors (Lipinski definition) is 3. The van der Waals surface area contributed by atoms with E-state index >= 15 is 0 Å². The number of nitrogens with one attached hydrogen (secondary N) is 2. The first-order chi connectivity index (χ1) is 5.90. The van der Waals surface area contributed by atoms with Gasteiger partial charge in [-0.15, -0.1) is 11.8 Å². The maximum atomic E-state index is 4.16. The topological polar surface area (TPSA) is 57.4 Å². The van der Waals surface area contributed by atoms with Crippen molar-refractivity contribution in [2.45, 2.75) is 5.03 Å². The molecule has 2 aromatic rings. The largest absolute Gasteiger partial charge is 0.342 e. The molecule has 62 valence electrons. The number of H-pyrrole nitrogens is 2. The molecule has 0 aliphatic carbocycles. The molecule has 12 heavy (non-hydrogen) atoms. The normalized spacial score (nSPS) is 10.4.